The van der Waals surface area contributed by atoms with Crippen molar-refractivity contribution in [3.8, 4) is 11.5 Å². The Labute approximate surface area is 209 Å². The Bertz CT molecular complexity index is 1260. The van der Waals surface area contributed by atoms with Crippen LogP contribution in [0.1, 0.15) is 27.7 Å². The first kappa shape index (κ1) is 23.9. The lowest BCUT2D eigenvalue weighted by Gasteiger charge is -2.14. The van der Waals surface area contributed by atoms with Crippen molar-refractivity contribution in [3.05, 3.63) is 86.7 Å². The maximum absolute atomic E-state index is 13.9. The van der Waals surface area contributed by atoms with E-state index in [4.69, 9.17) is 21.7 Å². The number of nitrogens with one attached hydrogen (secondary N) is 1. The van der Waals surface area contributed by atoms with Crippen LogP contribution in [0.25, 0.3) is 6.08 Å². The number of thiocarbonyl (C=S) groups is 1. The van der Waals surface area contributed by atoms with Gasteiger partial charge in [0.2, 0.25) is 0 Å². The predicted molar refractivity (Wildman–Crippen MR) is 135 cm³/mol. The highest BCUT2D eigenvalue weighted by Crippen LogP contribution is 2.34. The monoisotopic (exact) mass is 514 g/mol. The minimum Gasteiger partial charge on any atom is -0.490 e. The third-order valence-electron chi connectivity index (χ3n) is 4.66. The number of thioether (sulfide) groups is 1. The summed E-state index contributed by atoms with van der Waals surface area (Å²) >= 11 is 7.64. The van der Waals surface area contributed by atoms with Gasteiger partial charge in [0.15, 0.2) is 15.8 Å². The number of carbonyl (C=O) groups excluding carboxylic acids is 2. The molecule has 4 rings (SSSR count). The number of ether oxygens (including phenoxy) is 2. The number of hydrazine groups is 1. The number of amides is 2. The molecule has 2 amide bonds. The number of hydrogen-bond donors (Lipinski definition) is 1. The highest BCUT2D eigenvalue weighted by molar-refractivity contribution is 8.26. The molecular formula is C24H19FN2O4S3. The molecule has 1 aromatic heterocycles. The van der Waals surface area contributed by atoms with Crippen molar-refractivity contribution >= 4 is 57.5 Å². The zero-order chi connectivity index (χ0) is 24.1. The van der Waals surface area contributed by atoms with Gasteiger partial charge in [-0.3, -0.25) is 15.0 Å². The van der Waals surface area contributed by atoms with Gasteiger partial charge in [0.25, 0.3) is 11.8 Å². The number of hydrogen-bond acceptors (Lipinski definition) is 7. The Balaban J connectivity index is 1.50. The van der Waals surface area contributed by atoms with Crippen LogP contribution in [0.5, 0.6) is 11.5 Å². The molecule has 2 aromatic carbocycles. The second-order valence-electron chi connectivity index (χ2n) is 6.95. The van der Waals surface area contributed by atoms with Crippen molar-refractivity contribution in [2.45, 2.75) is 13.5 Å². The van der Waals surface area contributed by atoms with Gasteiger partial charge in [0.05, 0.1) is 16.4 Å². The van der Waals surface area contributed by atoms with Gasteiger partial charge < -0.3 is 9.47 Å². The van der Waals surface area contributed by atoms with Crippen LogP contribution < -0.4 is 14.9 Å². The molecule has 34 heavy (non-hydrogen) atoms. The number of thiophene rings is 1. The molecule has 2 heterocycles. The second kappa shape index (κ2) is 10.8. The van der Waals surface area contributed by atoms with Crippen LogP contribution in [-0.2, 0) is 11.4 Å². The van der Waals surface area contributed by atoms with E-state index in [1.54, 1.807) is 60.0 Å². The molecule has 1 N–H and O–H groups in total. The van der Waals surface area contributed by atoms with Gasteiger partial charge in [-0.25, -0.2) is 4.39 Å². The van der Waals surface area contributed by atoms with E-state index >= 15 is 0 Å². The zero-order valence-electron chi connectivity index (χ0n) is 17.9. The molecule has 0 bridgehead atoms. The van der Waals surface area contributed by atoms with E-state index in [9.17, 15) is 14.0 Å². The van der Waals surface area contributed by atoms with Crippen molar-refractivity contribution in [1.29, 1.82) is 0 Å². The second-order valence-corrected chi connectivity index (χ2v) is 9.58. The summed E-state index contributed by atoms with van der Waals surface area (Å²) in [7, 11) is 0. The van der Waals surface area contributed by atoms with Crippen molar-refractivity contribution < 1.29 is 23.5 Å². The number of benzene rings is 2. The van der Waals surface area contributed by atoms with E-state index < -0.39 is 11.8 Å². The minimum absolute atomic E-state index is 0.0503. The van der Waals surface area contributed by atoms with Gasteiger partial charge in [-0.2, -0.15) is 5.01 Å². The Morgan fingerprint density at radius 2 is 1.97 bits per heavy atom. The van der Waals surface area contributed by atoms with Crippen molar-refractivity contribution in [1.82, 2.24) is 10.4 Å². The largest absolute Gasteiger partial charge is 0.490 e. The first-order valence-electron chi connectivity index (χ1n) is 10.2. The maximum atomic E-state index is 13.9. The number of carbonyl (C=O) groups is 2. The fourth-order valence-corrected chi connectivity index (χ4v) is 4.85. The molecule has 10 heteroatoms. The summed E-state index contributed by atoms with van der Waals surface area (Å²) in [6, 6.07) is 15.0. The number of nitrogens with zero attached hydrogens (tertiary/aromatic N) is 1. The van der Waals surface area contributed by atoms with Crippen LogP contribution in [0.4, 0.5) is 4.39 Å². The van der Waals surface area contributed by atoms with E-state index in [-0.39, 0.29) is 16.7 Å². The van der Waals surface area contributed by atoms with Crippen molar-refractivity contribution in [3.63, 3.8) is 0 Å². The van der Waals surface area contributed by atoms with Crippen LogP contribution in [-0.4, -0.2) is 27.8 Å². The Hall–Kier alpha value is -3.21. The fourth-order valence-electron chi connectivity index (χ4n) is 3.05. The third-order valence-corrected chi connectivity index (χ3v) is 6.83. The van der Waals surface area contributed by atoms with Gasteiger partial charge in [0.1, 0.15) is 12.4 Å². The van der Waals surface area contributed by atoms with E-state index in [0.29, 0.717) is 39.0 Å². The lowest BCUT2D eigenvalue weighted by Crippen LogP contribution is -2.44. The summed E-state index contributed by atoms with van der Waals surface area (Å²) in [5, 5.41) is 2.85. The van der Waals surface area contributed by atoms with Gasteiger partial charge in [0, 0.05) is 5.56 Å². The summed E-state index contributed by atoms with van der Waals surface area (Å²) in [5.41, 5.74) is 3.67. The SMILES string of the molecule is CCOc1cc(/C=C2/SC(=S)N(NC(=O)c3cccs3)C2=O)ccc1OCc1ccccc1F. The molecule has 1 fully saturated rings. The smallest absolute Gasteiger partial charge is 0.285 e. The molecule has 0 atom stereocenters. The van der Waals surface area contributed by atoms with Gasteiger partial charge in [-0.05, 0) is 60.4 Å². The van der Waals surface area contributed by atoms with Crippen LogP contribution in [0.3, 0.4) is 0 Å². The molecule has 6 nitrogen and oxygen atoms in total. The Morgan fingerprint density at radius 1 is 1.15 bits per heavy atom. The lowest BCUT2D eigenvalue weighted by atomic mass is 10.1. The standard InChI is InChI=1S/C24H19FN2O4S3/c1-2-30-19-12-15(9-10-18(19)31-14-16-6-3-4-7-17(16)25)13-21-23(29)27(24(32)34-21)26-22(28)20-8-5-11-33-20/h3-13H,2,14H2,1H3,(H,26,28)/b21-13+. The van der Waals surface area contributed by atoms with Crippen LogP contribution in [0, 0.1) is 5.82 Å². The van der Waals surface area contributed by atoms with Gasteiger partial charge in [-0.15, -0.1) is 11.3 Å². The lowest BCUT2D eigenvalue weighted by molar-refractivity contribution is -0.123. The molecule has 0 unspecified atom stereocenters. The average molecular weight is 515 g/mol. The molecule has 0 spiro atoms. The summed E-state index contributed by atoms with van der Waals surface area (Å²) in [6.07, 6.45) is 1.67. The summed E-state index contributed by atoms with van der Waals surface area (Å²) in [4.78, 5) is 26.0. The molecular weight excluding hydrogens is 495 g/mol. The van der Waals surface area contributed by atoms with Crippen LogP contribution in [0.2, 0.25) is 0 Å². The molecule has 1 saturated heterocycles. The van der Waals surface area contributed by atoms with Crippen LogP contribution >= 0.6 is 35.3 Å². The molecule has 3 aromatic rings. The zero-order valence-corrected chi connectivity index (χ0v) is 20.4. The van der Waals surface area contributed by atoms with Gasteiger partial charge >= 0.3 is 0 Å². The van der Waals surface area contributed by atoms with Crippen molar-refractivity contribution in [2.75, 3.05) is 6.61 Å². The first-order valence-corrected chi connectivity index (χ1v) is 12.3. The third kappa shape index (κ3) is 5.46. The molecule has 0 radical (unpaired) electrons. The molecule has 174 valence electrons. The highest BCUT2D eigenvalue weighted by Gasteiger charge is 2.34. The quantitative estimate of drug-likeness (QED) is 0.320. The normalized spacial score (nSPS) is 14.5. The number of rotatable bonds is 8. The van der Waals surface area contributed by atoms with Crippen LogP contribution in [0.15, 0.2) is 64.9 Å². The number of halogens is 1. The topological polar surface area (TPSA) is 67.9 Å². The summed E-state index contributed by atoms with van der Waals surface area (Å²) < 4.78 is 25.6. The van der Waals surface area contributed by atoms with E-state index in [1.165, 1.54) is 17.4 Å². The maximum Gasteiger partial charge on any atom is 0.285 e. The molecule has 0 saturated carbocycles. The Morgan fingerprint density at radius 3 is 2.71 bits per heavy atom. The average Bonchev–Trinajstić information content (AvgIpc) is 3.45. The molecule has 1 aliphatic heterocycles. The van der Waals surface area contributed by atoms with Gasteiger partial charge in [-0.1, -0.05) is 42.1 Å². The van der Waals surface area contributed by atoms with Crippen molar-refractivity contribution in [2.24, 2.45) is 0 Å². The predicted octanol–water partition coefficient (Wildman–Crippen LogP) is 5.41. The van der Waals surface area contributed by atoms with E-state index in [2.05, 4.69) is 5.43 Å². The summed E-state index contributed by atoms with van der Waals surface area (Å²) in [5.74, 6) is -0.238. The minimum atomic E-state index is -0.419. The highest BCUT2D eigenvalue weighted by atomic mass is 32.2. The fraction of sp³-hybridized carbons (Fsp3) is 0.125. The van der Waals surface area contributed by atoms with E-state index in [0.717, 1.165) is 16.8 Å². The summed E-state index contributed by atoms with van der Waals surface area (Å²) in [6.45, 7) is 2.29. The first-order chi connectivity index (χ1) is 16.5. The molecule has 1 aliphatic rings. The van der Waals surface area contributed by atoms with E-state index in [1.807, 2.05) is 6.92 Å². The molecule has 0 aliphatic carbocycles. The Kier molecular flexibility index (Phi) is 7.61.